The van der Waals surface area contributed by atoms with Crippen LogP contribution in [0.2, 0.25) is 0 Å². The van der Waals surface area contributed by atoms with Gasteiger partial charge in [-0.05, 0) is 50.0 Å². The lowest BCUT2D eigenvalue weighted by atomic mass is 10.1. The molecule has 3 heteroatoms. The molecule has 0 aliphatic rings. The van der Waals surface area contributed by atoms with Crippen LogP contribution in [0.15, 0.2) is 24.3 Å². The molecule has 1 unspecified atom stereocenters. The number of hydrogen-bond donors (Lipinski definition) is 1. The van der Waals surface area contributed by atoms with Crippen molar-refractivity contribution in [2.45, 2.75) is 46.1 Å². The molecule has 0 bridgehead atoms. The highest BCUT2D eigenvalue weighted by Crippen LogP contribution is 2.17. The molecule has 0 radical (unpaired) electrons. The summed E-state index contributed by atoms with van der Waals surface area (Å²) in [4.78, 5) is 2.45. The van der Waals surface area contributed by atoms with Crippen molar-refractivity contribution in [3.63, 3.8) is 0 Å². The quantitative estimate of drug-likeness (QED) is 0.710. The maximum absolute atomic E-state index is 6.32. The predicted octanol–water partition coefficient (Wildman–Crippen LogP) is 3.60. The third kappa shape index (κ3) is 5.93. The maximum Gasteiger partial charge on any atom is 0.119 e. The Hall–Kier alpha value is -1.06. The number of ether oxygens (including phenoxy) is 1. The van der Waals surface area contributed by atoms with Gasteiger partial charge >= 0.3 is 0 Å². The van der Waals surface area contributed by atoms with Crippen LogP contribution in [0.5, 0.6) is 5.75 Å². The Balaban J connectivity index is 2.54. The van der Waals surface area contributed by atoms with Gasteiger partial charge in [0.25, 0.3) is 0 Å². The van der Waals surface area contributed by atoms with E-state index in [1.807, 2.05) is 12.1 Å². The van der Waals surface area contributed by atoms with E-state index in [1.54, 1.807) is 0 Å². The van der Waals surface area contributed by atoms with E-state index < -0.39 is 0 Å². The lowest BCUT2D eigenvalue weighted by molar-refractivity contribution is 0.258. The second-order valence-electron chi connectivity index (χ2n) is 5.32. The van der Waals surface area contributed by atoms with Crippen molar-refractivity contribution in [1.82, 2.24) is 4.90 Å². The lowest BCUT2D eigenvalue weighted by Gasteiger charge is -2.25. The molecule has 0 aromatic heterocycles. The Bertz CT molecular complexity index is 345. The average Bonchev–Trinajstić information content (AvgIpc) is 2.46. The highest BCUT2D eigenvalue weighted by Gasteiger charge is 2.11. The molecule has 0 aliphatic carbocycles. The van der Waals surface area contributed by atoms with Crippen molar-refractivity contribution in [3.8, 4) is 5.75 Å². The molecule has 114 valence electrons. The topological polar surface area (TPSA) is 38.5 Å². The van der Waals surface area contributed by atoms with Crippen molar-refractivity contribution in [2.24, 2.45) is 5.73 Å². The summed E-state index contributed by atoms with van der Waals surface area (Å²) in [6.45, 7) is 10.5. The fraction of sp³-hybridized carbons (Fsp3) is 0.647. The molecule has 0 spiro atoms. The Morgan fingerprint density at radius 3 is 2.10 bits per heavy atom. The van der Waals surface area contributed by atoms with Crippen LogP contribution < -0.4 is 10.5 Å². The van der Waals surface area contributed by atoms with E-state index in [1.165, 1.54) is 18.4 Å². The summed E-state index contributed by atoms with van der Waals surface area (Å²) in [6, 6.07) is 8.30. The molecule has 0 fully saturated rings. The second-order valence-corrected chi connectivity index (χ2v) is 5.32. The molecule has 0 aliphatic heterocycles. The third-order valence-corrected chi connectivity index (χ3v) is 3.32. The molecule has 0 saturated carbocycles. The Morgan fingerprint density at radius 2 is 1.60 bits per heavy atom. The van der Waals surface area contributed by atoms with E-state index in [0.29, 0.717) is 0 Å². The van der Waals surface area contributed by atoms with E-state index in [4.69, 9.17) is 10.5 Å². The Labute approximate surface area is 124 Å². The molecular formula is C17H30N2O. The van der Waals surface area contributed by atoms with Gasteiger partial charge in [0, 0.05) is 12.6 Å². The van der Waals surface area contributed by atoms with Crippen molar-refractivity contribution in [2.75, 3.05) is 26.2 Å². The second kappa shape index (κ2) is 9.78. The molecule has 0 heterocycles. The van der Waals surface area contributed by atoms with Crippen LogP contribution in [0.25, 0.3) is 0 Å². The van der Waals surface area contributed by atoms with Crippen molar-refractivity contribution >= 4 is 0 Å². The minimum atomic E-state index is 0.0772. The maximum atomic E-state index is 6.32. The predicted molar refractivity (Wildman–Crippen MR) is 86.2 cm³/mol. The standard InChI is InChI=1S/C17H30N2O/c1-4-11-19(12-5-2)14-17(18)15-7-9-16(10-8-15)20-13-6-3/h7-10,17H,4-6,11-14,18H2,1-3H3. The first-order valence-corrected chi connectivity index (χ1v) is 7.91. The van der Waals surface area contributed by atoms with Gasteiger partial charge in [-0.3, -0.25) is 0 Å². The van der Waals surface area contributed by atoms with Gasteiger partial charge in [0.2, 0.25) is 0 Å². The molecule has 0 saturated heterocycles. The molecule has 20 heavy (non-hydrogen) atoms. The number of hydrogen-bond acceptors (Lipinski definition) is 3. The molecular weight excluding hydrogens is 248 g/mol. The van der Waals surface area contributed by atoms with Crippen LogP contribution >= 0.6 is 0 Å². The third-order valence-electron chi connectivity index (χ3n) is 3.32. The number of rotatable bonds is 10. The van der Waals surface area contributed by atoms with Gasteiger partial charge in [0.15, 0.2) is 0 Å². The van der Waals surface area contributed by atoms with Gasteiger partial charge in [-0.2, -0.15) is 0 Å². The summed E-state index contributed by atoms with van der Waals surface area (Å²) in [5.41, 5.74) is 7.51. The largest absolute Gasteiger partial charge is 0.494 e. The minimum Gasteiger partial charge on any atom is -0.494 e. The van der Waals surface area contributed by atoms with Gasteiger partial charge in [0.1, 0.15) is 5.75 Å². The van der Waals surface area contributed by atoms with Crippen molar-refractivity contribution in [3.05, 3.63) is 29.8 Å². The smallest absolute Gasteiger partial charge is 0.119 e. The van der Waals surface area contributed by atoms with Crippen molar-refractivity contribution in [1.29, 1.82) is 0 Å². The normalized spacial score (nSPS) is 12.7. The van der Waals surface area contributed by atoms with Crippen molar-refractivity contribution < 1.29 is 4.74 Å². The Kier molecular flexibility index (Phi) is 8.31. The van der Waals surface area contributed by atoms with Gasteiger partial charge in [-0.1, -0.05) is 32.9 Å². The first-order valence-electron chi connectivity index (χ1n) is 7.91. The molecule has 1 aromatic rings. The van der Waals surface area contributed by atoms with Gasteiger partial charge in [-0.15, -0.1) is 0 Å². The van der Waals surface area contributed by atoms with E-state index in [2.05, 4.69) is 37.8 Å². The zero-order valence-electron chi connectivity index (χ0n) is 13.3. The molecule has 3 nitrogen and oxygen atoms in total. The molecule has 1 rings (SSSR count). The molecule has 1 aromatic carbocycles. The first-order chi connectivity index (χ1) is 9.71. The molecule has 0 amide bonds. The number of nitrogens with zero attached hydrogens (tertiary/aromatic N) is 1. The fourth-order valence-electron chi connectivity index (χ4n) is 2.34. The van der Waals surface area contributed by atoms with Crippen LogP contribution in [0.3, 0.4) is 0 Å². The fourth-order valence-corrected chi connectivity index (χ4v) is 2.34. The van der Waals surface area contributed by atoms with Gasteiger partial charge in [0.05, 0.1) is 6.61 Å². The zero-order valence-corrected chi connectivity index (χ0v) is 13.3. The van der Waals surface area contributed by atoms with Crippen LogP contribution in [-0.2, 0) is 0 Å². The summed E-state index contributed by atoms with van der Waals surface area (Å²) in [5, 5.41) is 0. The monoisotopic (exact) mass is 278 g/mol. The first kappa shape index (κ1) is 17.0. The SMILES string of the molecule is CCCOc1ccc(C(N)CN(CCC)CCC)cc1. The highest BCUT2D eigenvalue weighted by molar-refractivity contribution is 5.29. The summed E-state index contributed by atoms with van der Waals surface area (Å²) < 4.78 is 5.60. The van der Waals surface area contributed by atoms with Crippen LogP contribution in [0.4, 0.5) is 0 Å². The molecule has 1 atom stereocenters. The van der Waals surface area contributed by atoms with E-state index in [0.717, 1.165) is 38.4 Å². The lowest BCUT2D eigenvalue weighted by Crippen LogP contribution is -2.33. The number of benzene rings is 1. The summed E-state index contributed by atoms with van der Waals surface area (Å²) in [5.74, 6) is 0.932. The molecule has 2 N–H and O–H groups in total. The van der Waals surface area contributed by atoms with Gasteiger partial charge in [-0.25, -0.2) is 0 Å². The van der Waals surface area contributed by atoms with E-state index in [9.17, 15) is 0 Å². The summed E-state index contributed by atoms with van der Waals surface area (Å²) in [6.07, 6.45) is 3.39. The van der Waals surface area contributed by atoms with E-state index in [-0.39, 0.29) is 6.04 Å². The van der Waals surface area contributed by atoms with Crippen LogP contribution in [0.1, 0.15) is 51.6 Å². The minimum absolute atomic E-state index is 0.0772. The van der Waals surface area contributed by atoms with Gasteiger partial charge < -0.3 is 15.4 Å². The highest BCUT2D eigenvalue weighted by atomic mass is 16.5. The number of nitrogens with two attached hydrogens (primary N) is 1. The van der Waals surface area contributed by atoms with Crippen LogP contribution in [-0.4, -0.2) is 31.1 Å². The Morgan fingerprint density at radius 1 is 1.00 bits per heavy atom. The zero-order chi connectivity index (χ0) is 14.8. The van der Waals surface area contributed by atoms with Crippen LogP contribution in [0, 0.1) is 0 Å². The average molecular weight is 278 g/mol. The summed E-state index contributed by atoms with van der Waals surface area (Å²) >= 11 is 0. The summed E-state index contributed by atoms with van der Waals surface area (Å²) in [7, 11) is 0. The van der Waals surface area contributed by atoms with E-state index >= 15 is 0 Å².